The molecule has 3 N–H and O–H groups in total. The average Bonchev–Trinajstić information content (AvgIpc) is 3.08. The van der Waals surface area contributed by atoms with Crippen molar-refractivity contribution in [2.45, 2.75) is 32.1 Å². The van der Waals surface area contributed by atoms with Gasteiger partial charge in [-0.05, 0) is 31.6 Å². The first-order valence-corrected chi connectivity index (χ1v) is 11.3. The molecule has 8 nitrogen and oxygen atoms in total. The van der Waals surface area contributed by atoms with Crippen LogP contribution in [0.5, 0.6) is 0 Å². The van der Waals surface area contributed by atoms with Crippen LogP contribution in [0.2, 0.25) is 0 Å². The maximum absolute atomic E-state index is 11.9. The quantitative estimate of drug-likeness (QED) is 0.252. The molecule has 1 aliphatic carbocycles. The van der Waals surface area contributed by atoms with E-state index in [1.807, 2.05) is 0 Å². The SMILES string of the molecule is CN=C(NCCCOCC1CCOC1)NCCS(=O)(=O)NCC1CCC1. The van der Waals surface area contributed by atoms with Gasteiger partial charge in [-0.15, -0.1) is 0 Å². The summed E-state index contributed by atoms with van der Waals surface area (Å²) in [6, 6.07) is 0. The lowest BCUT2D eigenvalue weighted by molar-refractivity contribution is 0.0888. The second kappa shape index (κ2) is 11.7. The van der Waals surface area contributed by atoms with Gasteiger partial charge in [0.2, 0.25) is 10.0 Å². The van der Waals surface area contributed by atoms with Crippen molar-refractivity contribution in [1.29, 1.82) is 0 Å². The Morgan fingerprint density at radius 2 is 2.00 bits per heavy atom. The molecular weight excluding hydrogens is 356 g/mol. The molecule has 0 amide bonds. The van der Waals surface area contributed by atoms with E-state index in [0.717, 1.165) is 52.0 Å². The number of aliphatic imine (C=N–C) groups is 1. The van der Waals surface area contributed by atoms with Crippen LogP contribution in [0.15, 0.2) is 4.99 Å². The Hall–Kier alpha value is -0.900. The van der Waals surface area contributed by atoms with Crippen LogP contribution < -0.4 is 15.4 Å². The lowest BCUT2D eigenvalue weighted by Gasteiger charge is -2.25. The van der Waals surface area contributed by atoms with E-state index < -0.39 is 10.0 Å². The summed E-state index contributed by atoms with van der Waals surface area (Å²) in [5.74, 6) is 1.73. The van der Waals surface area contributed by atoms with Crippen molar-refractivity contribution < 1.29 is 17.9 Å². The summed E-state index contributed by atoms with van der Waals surface area (Å²) in [5, 5.41) is 6.21. The highest BCUT2D eigenvalue weighted by Crippen LogP contribution is 2.25. The van der Waals surface area contributed by atoms with Crippen LogP contribution in [0.1, 0.15) is 32.1 Å². The minimum absolute atomic E-state index is 0.0486. The van der Waals surface area contributed by atoms with Crippen molar-refractivity contribution in [3.05, 3.63) is 0 Å². The van der Waals surface area contributed by atoms with Crippen molar-refractivity contribution in [2.75, 3.05) is 58.9 Å². The molecule has 1 saturated carbocycles. The molecule has 0 aromatic rings. The van der Waals surface area contributed by atoms with E-state index in [1.54, 1.807) is 7.05 Å². The average molecular weight is 391 g/mol. The van der Waals surface area contributed by atoms with Gasteiger partial charge in [0.1, 0.15) is 0 Å². The Labute approximate surface area is 157 Å². The third-order valence-electron chi connectivity index (χ3n) is 4.84. The van der Waals surface area contributed by atoms with Crippen LogP contribution in [0.4, 0.5) is 0 Å². The predicted molar refractivity (Wildman–Crippen MR) is 103 cm³/mol. The zero-order valence-electron chi connectivity index (χ0n) is 15.8. The topological polar surface area (TPSA) is 101 Å². The molecule has 2 aliphatic rings. The van der Waals surface area contributed by atoms with Crippen LogP contribution in [0.3, 0.4) is 0 Å². The van der Waals surface area contributed by atoms with Crippen molar-refractivity contribution in [1.82, 2.24) is 15.4 Å². The lowest BCUT2D eigenvalue weighted by Crippen LogP contribution is -2.42. The molecule has 1 heterocycles. The van der Waals surface area contributed by atoms with Crippen LogP contribution in [-0.4, -0.2) is 73.2 Å². The molecule has 1 atom stereocenters. The highest BCUT2D eigenvalue weighted by Gasteiger charge is 2.20. The molecule has 0 radical (unpaired) electrons. The second-order valence-corrected chi connectivity index (χ2v) is 8.97. The van der Waals surface area contributed by atoms with Gasteiger partial charge in [-0.25, -0.2) is 13.1 Å². The normalized spacial score (nSPS) is 21.6. The number of rotatable bonds is 12. The molecule has 2 rings (SSSR count). The zero-order valence-corrected chi connectivity index (χ0v) is 16.7. The fraction of sp³-hybridized carbons (Fsp3) is 0.941. The summed E-state index contributed by atoms with van der Waals surface area (Å²) in [6.45, 7) is 4.75. The first-order valence-electron chi connectivity index (χ1n) is 9.66. The van der Waals surface area contributed by atoms with E-state index in [1.165, 1.54) is 6.42 Å². The van der Waals surface area contributed by atoms with E-state index in [-0.39, 0.29) is 5.75 Å². The zero-order chi connectivity index (χ0) is 18.7. The van der Waals surface area contributed by atoms with Gasteiger partial charge in [-0.1, -0.05) is 6.42 Å². The van der Waals surface area contributed by atoms with E-state index in [0.29, 0.717) is 37.5 Å². The van der Waals surface area contributed by atoms with Crippen molar-refractivity contribution >= 4 is 16.0 Å². The maximum atomic E-state index is 11.9. The molecule has 0 aromatic carbocycles. The molecule has 152 valence electrons. The Kier molecular flexibility index (Phi) is 9.66. The molecule has 1 saturated heterocycles. The summed E-state index contributed by atoms with van der Waals surface area (Å²) in [6.07, 6.45) is 5.45. The number of guanidine groups is 1. The summed E-state index contributed by atoms with van der Waals surface area (Å²) in [5.41, 5.74) is 0. The van der Waals surface area contributed by atoms with Crippen molar-refractivity contribution in [3.8, 4) is 0 Å². The third-order valence-corrected chi connectivity index (χ3v) is 6.19. The largest absolute Gasteiger partial charge is 0.381 e. The van der Waals surface area contributed by atoms with Crippen molar-refractivity contribution in [3.63, 3.8) is 0 Å². The highest BCUT2D eigenvalue weighted by atomic mass is 32.2. The molecule has 26 heavy (non-hydrogen) atoms. The molecule has 0 bridgehead atoms. The number of nitrogens with zero attached hydrogens (tertiary/aromatic N) is 1. The van der Waals surface area contributed by atoms with Gasteiger partial charge in [0.15, 0.2) is 5.96 Å². The number of sulfonamides is 1. The van der Waals surface area contributed by atoms with Gasteiger partial charge < -0.3 is 20.1 Å². The summed E-state index contributed by atoms with van der Waals surface area (Å²) in [4.78, 5) is 4.11. The smallest absolute Gasteiger partial charge is 0.213 e. The monoisotopic (exact) mass is 390 g/mol. The minimum Gasteiger partial charge on any atom is -0.381 e. The van der Waals surface area contributed by atoms with E-state index in [9.17, 15) is 8.42 Å². The Bertz CT molecular complexity index is 517. The molecular formula is C17H34N4O4S. The minimum atomic E-state index is -3.22. The molecule has 1 unspecified atom stereocenters. The van der Waals surface area contributed by atoms with Crippen LogP contribution in [0, 0.1) is 11.8 Å². The first-order chi connectivity index (χ1) is 12.6. The van der Waals surface area contributed by atoms with E-state index >= 15 is 0 Å². The summed E-state index contributed by atoms with van der Waals surface area (Å²) < 4.78 is 37.6. The van der Waals surface area contributed by atoms with Gasteiger partial charge in [0.25, 0.3) is 0 Å². The predicted octanol–water partition coefficient (Wildman–Crippen LogP) is 0.314. The van der Waals surface area contributed by atoms with Gasteiger partial charge in [-0.3, -0.25) is 4.99 Å². The van der Waals surface area contributed by atoms with Gasteiger partial charge in [0, 0.05) is 45.8 Å². The maximum Gasteiger partial charge on any atom is 0.213 e. The van der Waals surface area contributed by atoms with E-state index in [4.69, 9.17) is 9.47 Å². The Balaban J connectivity index is 1.47. The van der Waals surface area contributed by atoms with Crippen LogP contribution >= 0.6 is 0 Å². The third kappa shape index (κ3) is 8.66. The van der Waals surface area contributed by atoms with E-state index in [2.05, 4.69) is 20.3 Å². The molecule has 1 aliphatic heterocycles. The Morgan fingerprint density at radius 1 is 1.19 bits per heavy atom. The van der Waals surface area contributed by atoms with Crippen molar-refractivity contribution in [2.24, 2.45) is 16.8 Å². The fourth-order valence-corrected chi connectivity index (χ4v) is 3.89. The van der Waals surface area contributed by atoms with Gasteiger partial charge in [-0.2, -0.15) is 0 Å². The molecule has 9 heteroatoms. The lowest BCUT2D eigenvalue weighted by atomic mass is 9.86. The number of nitrogens with one attached hydrogen (secondary N) is 3. The fourth-order valence-electron chi connectivity index (χ4n) is 2.88. The van der Waals surface area contributed by atoms with Gasteiger partial charge in [0.05, 0.1) is 19.0 Å². The number of hydrogen-bond donors (Lipinski definition) is 3. The molecule has 0 aromatic heterocycles. The van der Waals surface area contributed by atoms with Gasteiger partial charge >= 0.3 is 0 Å². The highest BCUT2D eigenvalue weighted by molar-refractivity contribution is 7.89. The molecule has 2 fully saturated rings. The molecule has 0 spiro atoms. The van der Waals surface area contributed by atoms with Crippen LogP contribution in [0.25, 0.3) is 0 Å². The summed E-state index contributed by atoms with van der Waals surface area (Å²) >= 11 is 0. The first kappa shape index (κ1) is 21.4. The number of hydrogen-bond acceptors (Lipinski definition) is 5. The number of ether oxygens (including phenoxy) is 2. The Morgan fingerprint density at radius 3 is 2.65 bits per heavy atom. The second-order valence-electron chi connectivity index (χ2n) is 7.05. The summed E-state index contributed by atoms with van der Waals surface area (Å²) in [7, 11) is -1.55. The van der Waals surface area contributed by atoms with Crippen LogP contribution in [-0.2, 0) is 19.5 Å². The standard InChI is InChI=1S/C17H34N4O4S/c1-18-17(19-7-3-9-24-13-16-6-10-25-14-16)20-8-11-26(22,23)21-12-15-4-2-5-15/h15-16,21H,2-14H2,1H3,(H2,18,19,20).